The van der Waals surface area contributed by atoms with Crippen molar-refractivity contribution in [3.8, 4) is 0 Å². The lowest BCUT2D eigenvalue weighted by Gasteiger charge is -2.24. The topological polar surface area (TPSA) is 59.0 Å². The van der Waals surface area contributed by atoms with Crippen molar-refractivity contribution in [1.82, 2.24) is 20.4 Å². The van der Waals surface area contributed by atoms with Crippen LogP contribution in [0.4, 0.5) is 0 Å². The van der Waals surface area contributed by atoms with Crippen LogP contribution in [-0.4, -0.2) is 28.8 Å². The van der Waals surface area contributed by atoms with E-state index in [4.69, 9.17) is 11.6 Å². The third kappa shape index (κ3) is 4.31. The van der Waals surface area contributed by atoms with Gasteiger partial charge in [0, 0.05) is 37.3 Å². The Morgan fingerprint density at radius 2 is 2.04 bits per heavy atom. The number of rotatable bonds is 5. The molecule has 5 nitrogen and oxygen atoms in total. The van der Waals surface area contributed by atoms with Gasteiger partial charge in [0.15, 0.2) is 0 Å². The van der Waals surface area contributed by atoms with Gasteiger partial charge in [-0.2, -0.15) is 5.10 Å². The predicted molar refractivity (Wildman–Crippen MR) is 109 cm³/mol. The fraction of sp³-hybridized carbons (Fsp3) is 0.500. The Morgan fingerprint density at radius 3 is 2.63 bits per heavy atom. The molecule has 2 heterocycles. The van der Waals surface area contributed by atoms with Gasteiger partial charge in [0.25, 0.3) is 0 Å². The number of carbonyl (C=O) groups is 1. The van der Waals surface area contributed by atoms with Crippen LogP contribution in [0.5, 0.6) is 0 Å². The predicted octanol–water partition coefficient (Wildman–Crippen LogP) is 3.31. The maximum Gasteiger partial charge on any atom is 0.225 e. The number of hydrogen-bond acceptors (Lipinski definition) is 3. The summed E-state index contributed by atoms with van der Waals surface area (Å²) in [5, 5.41) is 11.7. The highest BCUT2D eigenvalue weighted by molar-refractivity contribution is 6.30. The van der Waals surface area contributed by atoms with Crippen molar-refractivity contribution < 1.29 is 4.79 Å². The van der Waals surface area contributed by atoms with Gasteiger partial charge in [-0.25, -0.2) is 0 Å². The monoisotopic (exact) mass is 408 g/mol. The molecule has 0 radical (unpaired) electrons. The van der Waals surface area contributed by atoms with Gasteiger partial charge in [0.2, 0.25) is 5.91 Å². The molecular weight excluding hydrogens is 383 g/mol. The highest BCUT2D eigenvalue weighted by Crippen LogP contribution is 2.47. The van der Waals surface area contributed by atoms with E-state index in [-0.39, 0.29) is 36.2 Å². The summed E-state index contributed by atoms with van der Waals surface area (Å²) < 4.78 is 1.80. The highest BCUT2D eigenvalue weighted by Gasteiger charge is 2.43. The van der Waals surface area contributed by atoms with Gasteiger partial charge in [-0.1, -0.05) is 30.7 Å². The van der Waals surface area contributed by atoms with E-state index in [1.165, 1.54) is 0 Å². The molecule has 27 heavy (non-hydrogen) atoms. The van der Waals surface area contributed by atoms with Crippen molar-refractivity contribution in [1.29, 1.82) is 0 Å². The lowest BCUT2D eigenvalue weighted by Crippen LogP contribution is -2.38. The molecule has 5 atom stereocenters. The normalized spacial score (nSPS) is 27.7. The van der Waals surface area contributed by atoms with Crippen LogP contribution in [0.2, 0.25) is 5.02 Å². The molecule has 1 saturated heterocycles. The summed E-state index contributed by atoms with van der Waals surface area (Å²) in [5.41, 5.74) is 2.27. The van der Waals surface area contributed by atoms with Crippen molar-refractivity contribution in [2.24, 2.45) is 24.8 Å². The molecule has 2 N–H and O–H groups in total. The Labute approximate surface area is 171 Å². The fourth-order valence-electron chi connectivity index (χ4n) is 4.12. The van der Waals surface area contributed by atoms with Gasteiger partial charge in [-0.05, 0) is 41.5 Å². The molecule has 146 valence electrons. The molecule has 0 bridgehead atoms. The molecule has 1 aromatic carbocycles. The summed E-state index contributed by atoms with van der Waals surface area (Å²) in [6.07, 6.45) is 5.04. The van der Waals surface area contributed by atoms with E-state index >= 15 is 0 Å². The van der Waals surface area contributed by atoms with Gasteiger partial charge in [-0.3, -0.25) is 9.48 Å². The van der Waals surface area contributed by atoms with Gasteiger partial charge in [-0.15, -0.1) is 12.4 Å². The molecule has 1 amide bonds. The van der Waals surface area contributed by atoms with Gasteiger partial charge in [0.1, 0.15) is 0 Å². The summed E-state index contributed by atoms with van der Waals surface area (Å²) >= 11 is 6.03. The van der Waals surface area contributed by atoms with Crippen LogP contribution in [0.15, 0.2) is 36.7 Å². The minimum Gasteiger partial charge on any atom is -0.349 e. The van der Waals surface area contributed by atoms with E-state index < -0.39 is 0 Å². The quantitative estimate of drug-likeness (QED) is 0.797. The number of hydrogen-bond donors (Lipinski definition) is 2. The zero-order valence-electron chi connectivity index (χ0n) is 15.6. The molecule has 1 aliphatic carbocycles. The average Bonchev–Trinajstić information content (AvgIpc) is 3.02. The van der Waals surface area contributed by atoms with E-state index in [9.17, 15) is 4.79 Å². The van der Waals surface area contributed by atoms with Crippen LogP contribution in [-0.2, 0) is 11.8 Å². The second-order valence-electron chi connectivity index (χ2n) is 7.73. The van der Waals surface area contributed by atoms with E-state index in [0.29, 0.717) is 18.4 Å². The summed E-state index contributed by atoms with van der Waals surface area (Å²) in [6.45, 7) is 3.77. The van der Waals surface area contributed by atoms with Crippen molar-refractivity contribution in [2.45, 2.75) is 25.3 Å². The summed E-state index contributed by atoms with van der Waals surface area (Å²) in [7, 11) is 1.91. The number of aryl methyl sites for hydroxylation is 1. The second kappa shape index (κ2) is 8.21. The number of nitrogens with zero attached hydrogens (tertiary/aromatic N) is 2. The number of nitrogens with one attached hydrogen (secondary N) is 2. The second-order valence-corrected chi connectivity index (χ2v) is 8.17. The van der Waals surface area contributed by atoms with Crippen molar-refractivity contribution in [3.05, 3.63) is 52.8 Å². The first-order valence-corrected chi connectivity index (χ1v) is 9.66. The van der Waals surface area contributed by atoms with E-state index in [2.05, 4.69) is 22.7 Å². The molecule has 2 fully saturated rings. The molecule has 4 rings (SSSR count). The van der Waals surface area contributed by atoms with Gasteiger partial charge < -0.3 is 10.6 Å². The molecule has 3 unspecified atom stereocenters. The van der Waals surface area contributed by atoms with Gasteiger partial charge in [0.05, 0.1) is 18.2 Å². The van der Waals surface area contributed by atoms with Crippen LogP contribution in [0.1, 0.15) is 36.4 Å². The molecule has 1 aromatic heterocycles. The van der Waals surface area contributed by atoms with Crippen LogP contribution < -0.4 is 10.6 Å². The molecule has 1 aliphatic heterocycles. The third-order valence-electron chi connectivity index (χ3n) is 5.83. The fourth-order valence-corrected chi connectivity index (χ4v) is 4.25. The third-order valence-corrected chi connectivity index (χ3v) is 6.08. The smallest absolute Gasteiger partial charge is 0.225 e. The average molecular weight is 409 g/mol. The molecule has 1 saturated carbocycles. The first kappa shape index (κ1) is 20.2. The van der Waals surface area contributed by atoms with E-state index in [1.807, 2.05) is 43.7 Å². The molecule has 0 spiro atoms. The highest BCUT2D eigenvalue weighted by atomic mass is 35.5. The summed E-state index contributed by atoms with van der Waals surface area (Å²) in [5.74, 6) is 1.38. The Hall–Kier alpha value is -1.56. The molecule has 7 heteroatoms. The zero-order valence-corrected chi connectivity index (χ0v) is 17.1. The van der Waals surface area contributed by atoms with E-state index in [1.54, 1.807) is 4.68 Å². The van der Waals surface area contributed by atoms with Crippen LogP contribution in [0.3, 0.4) is 0 Å². The van der Waals surface area contributed by atoms with Gasteiger partial charge >= 0.3 is 0 Å². The number of benzene rings is 1. The standard InChI is InChI=1S/C20H25ClN4O.ClH/c1-12-7-16(12)19(13-3-5-15(21)6-4-13)24-20(26)18-10-22-9-17(18)14-8-23-25(2)11-14;/h3-6,8,11-12,16-19,22H,7,9-10H2,1-2H3,(H,24,26);1H/t12?,16?,17-,18+,19?;/m1./s1. The van der Waals surface area contributed by atoms with Crippen LogP contribution in [0.25, 0.3) is 0 Å². The minimum atomic E-state index is -0.0666. The lowest BCUT2D eigenvalue weighted by molar-refractivity contribution is -0.125. The Balaban J connectivity index is 0.00000210. The number of amides is 1. The lowest BCUT2D eigenvalue weighted by atomic mass is 9.89. The minimum absolute atomic E-state index is 0. The van der Waals surface area contributed by atoms with Crippen molar-refractivity contribution in [2.75, 3.05) is 13.1 Å². The number of carbonyl (C=O) groups excluding carboxylic acids is 1. The maximum atomic E-state index is 13.1. The Kier molecular flexibility index (Phi) is 6.14. The van der Waals surface area contributed by atoms with Crippen molar-refractivity contribution >= 4 is 29.9 Å². The SMILES string of the molecule is CC1CC1C(NC(=O)[C@H]1CNC[C@@H]1c1cnn(C)c1)c1ccc(Cl)cc1.Cl. The molecule has 2 aliphatic rings. The Morgan fingerprint density at radius 1 is 1.33 bits per heavy atom. The first-order valence-electron chi connectivity index (χ1n) is 9.28. The molecular formula is C20H26Cl2N4O. The Bertz CT molecular complexity index is 792. The molecule has 2 aromatic rings. The number of aromatic nitrogens is 2. The van der Waals surface area contributed by atoms with Crippen LogP contribution >= 0.6 is 24.0 Å². The van der Waals surface area contributed by atoms with Crippen molar-refractivity contribution in [3.63, 3.8) is 0 Å². The van der Waals surface area contributed by atoms with E-state index in [0.717, 1.165) is 29.1 Å². The largest absolute Gasteiger partial charge is 0.349 e. The zero-order chi connectivity index (χ0) is 18.3. The number of halogens is 2. The summed E-state index contributed by atoms with van der Waals surface area (Å²) in [4.78, 5) is 13.1. The van der Waals surface area contributed by atoms with Crippen LogP contribution in [0, 0.1) is 17.8 Å². The summed E-state index contributed by atoms with van der Waals surface area (Å²) in [6, 6.07) is 7.93. The maximum absolute atomic E-state index is 13.1. The first-order chi connectivity index (χ1) is 12.5.